The molecule has 1 atom stereocenters. The molecule has 0 radical (unpaired) electrons. The normalized spacial score (nSPS) is 12.0. The van der Waals surface area contributed by atoms with Crippen LogP contribution in [0.3, 0.4) is 0 Å². The first-order valence-electron chi connectivity index (χ1n) is 13.3. The maximum absolute atomic E-state index is 14.9. The second-order valence-electron chi connectivity index (χ2n) is 9.33. The van der Waals surface area contributed by atoms with E-state index in [1.54, 1.807) is 12.1 Å². The van der Waals surface area contributed by atoms with Gasteiger partial charge in [-0.1, -0.05) is 102 Å². The lowest BCUT2D eigenvalue weighted by atomic mass is 9.84. The molecular formula is C30H43FO3. The molecule has 1 N–H and O–H groups in total. The molecule has 0 bridgehead atoms. The lowest BCUT2D eigenvalue weighted by Crippen LogP contribution is -2.06. The summed E-state index contributed by atoms with van der Waals surface area (Å²) in [5, 5.41) is 9.25. The van der Waals surface area contributed by atoms with Gasteiger partial charge in [0.15, 0.2) is 11.6 Å². The molecule has 34 heavy (non-hydrogen) atoms. The number of carboxylic acids is 1. The summed E-state index contributed by atoms with van der Waals surface area (Å²) in [5.41, 5.74) is 2.91. The number of carboxylic acid groups (broad SMARTS) is 1. The minimum atomic E-state index is -0.769. The first kappa shape index (κ1) is 27.9. The predicted octanol–water partition coefficient (Wildman–Crippen LogP) is 9.15. The van der Waals surface area contributed by atoms with Crippen molar-refractivity contribution in [2.24, 2.45) is 0 Å². The predicted molar refractivity (Wildman–Crippen MR) is 139 cm³/mol. The molecule has 3 nitrogen and oxygen atoms in total. The van der Waals surface area contributed by atoms with Crippen LogP contribution in [-0.2, 0) is 4.79 Å². The summed E-state index contributed by atoms with van der Waals surface area (Å²) in [4.78, 5) is 11.3. The van der Waals surface area contributed by atoms with Gasteiger partial charge in [0.05, 0.1) is 6.61 Å². The zero-order chi connectivity index (χ0) is 24.6. The van der Waals surface area contributed by atoms with Crippen molar-refractivity contribution in [1.82, 2.24) is 0 Å². The fourth-order valence-electron chi connectivity index (χ4n) is 4.54. The molecule has 4 heteroatoms. The number of benzene rings is 2. The number of aliphatic carboxylic acids is 1. The van der Waals surface area contributed by atoms with E-state index in [2.05, 4.69) is 19.9 Å². The molecule has 2 aromatic carbocycles. The van der Waals surface area contributed by atoms with Crippen molar-refractivity contribution in [2.75, 3.05) is 6.61 Å². The van der Waals surface area contributed by atoms with E-state index in [9.17, 15) is 14.3 Å². The van der Waals surface area contributed by atoms with Gasteiger partial charge in [0, 0.05) is 6.42 Å². The van der Waals surface area contributed by atoms with Gasteiger partial charge in [-0.25, -0.2) is 4.39 Å². The maximum Gasteiger partial charge on any atom is 0.303 e. The number of halogens is 1. The minimum absolute atomic E-state index is 0.145. The number of ether oxygens (including phenoxy) is 1. The van der Waals surface area contributed by atoms with Gasteiger partial charge in [0.25, 0.3) is 0 Å². The Labute approximate surface area is 205 Å². The summed E-state index contributed by atoms with van der Waals surface area (Å²) in [5.74, 6) is -0.662. The van der Waals surface area contributed by atoms with E-state index in [1.165, 1.54) is 38.5 Å². The zero-order valence-corrected chi connectivity index (χ0v) is 21.2. The fourth-order valence-corrected chi connectivity index (χ4v) is 4.54. The van der Waals surface area contributed by atoms with Crippen molar-refractivity contribution in [2.45, 2.75) is 103 Å². The molecular weight excluding hydrogens is 427 g/mol. The summed E-state index contributed by atoms with van der Waals surface area (Å²) in [7, 11) is 0. The lowest BCUT2D eigenvalue weighted by Gasteiger charge is -2.21. The molecule has 0 saturated heterocycles. The van der Waals surface area contributed by atoms with Crippen LogP contribution < -0.4 is 4.74 Å². The second kappa shape index (κ2) is 16.3. The Morgan fingerprint density at radius 2 is 1.56 bits per heavy atom. The van der Waals surface area contributed by atoms with E-state index in [-0.39, 0.29) is 18.2 Å². The van der Waals surface area contributed by atoms with Gasteiger partial charge in [-0.3, -0.25) is 4.79 Å². The minimum Gasteiger partial charge on any atom is -0.491 e. The van der Waals surface area contributed by atoms with Crippen LogP contribution in [0.4, 0.5) is 4.39 Å². The van der Waals surface area contributed by atoms with E-state index in [4.69, 9.17) is 4.74 Å². The highest BCUT2D eigenvalue weighted by molar-refractivity contribution is 5.70. The van der Waals surface area contributed by atoms with E-state index in [1.807, 2.05) is 24.3 Å². The Balaban J connectivity index is 2.09. The van der Waals surface area contributed by atoms with Crippen molar-refractivity contribution >= 4 is 5.97 Å². The van der Waals surface area contributed by atoms with Gasteiger partial charge < -0.3 is 9.84 Å². The molecule has 2 aromatic rings. The number of rotatable bonds is 18. The Morgan fingerprint density at radius 1 is 0.882 bits per heavy atom. The molecule has 0 aromatic heterocycles. The zero-order valence-electron chi connectivity index (χ0n) is 21.2. The molecule has 0 spiro atoms. The first-order chi connectivity index (χ1) is 16.6. The second-order valence-corrected chi connectivity index (χ2v) is 9.33. The van der Waals surface area contributed by atoms with Gasteiger partial charge >= 0.3 is 5.97 Å². The molecule has 2 rings (SSSR count). The first-order valence-corrected chi connectivity index (χ1v) is 13.3. The number of unbranched alkanes of at least 4 members (excludes halogenated alkanes) is 8. The van der Waals surface area contributed by atoms with Crippen LogP contribution in [0, 0.1) is 5.82 Å². The molecule has 0 saturated carbocycles. The van der Waals surface area contributed by atoms with Crippen molar-refractivity contribution in [3.05, 3.63) is 53.8 Å². The summed E-state index contributed by atoms with van der Waals surface area (Å²) in [6.45, 7) is 4.93. The van der Waals surface area contributed by atoms with E-state index in [0.29, 0.717) is 18.8 Å². The lowest BCUT2D eigenvalue weighted by molar-refractivity contribution is -0.137. The fraction of sp³-hybridized carbons (Fsp3) is 0.567. The van der Waals surface area contributed by atoms with E-state index >= 15 is 0 Å². The molecule has 1 unspecified atom stereocenters. The smallest absolute Gasteiger partial charge is 0.303 e. The molecule has 0 amide bonds. The molecule has 0 aliphatic carbocycles. The third-order valence-electron chi connectivity index (χ3n) is 6.51. The third kappa shape index (κ3) is 9.87. The highest BCUT2D eigenvalue weighted by Gasteiger charge is 2.18. The number of hydrogen-bond donors (Lipinski definition) is 1. The Hall–Kier alpha value is -2.36. The van der Waals surface area contributed by atoms with Crippen molar-refractivity contribution in [3.63, 3.8) is 0 Å². The van der Waals surface area contributed by atoms with Crippen LogP contribution in [0.15, 0.2) is 42.5 Å². The van der Waals surface area contributed by atoms with E-state index < -0.39 is 5.97 Å². The van der Waals surface area contributed by atoms with Crippen LogP contribution in [0.25, 0.3) is 11.1 Å². The van der Waals surface area contributed by atoms with Gasteiger partial charge in [-0.2, -0.15) is 0 Å². The monoisotopic (exact) mass is 470 g/mol. The maximum atomic E-state index is 14.9. The Bertz CT molecular complexity index is 849. The van der Waals surface area contributed by atoms with Crippen LogP contribution in [0.2, 0.25) is 0 Å². The third-order valence-corrected chi connectivity index (χ3v) is 6.51. The van der Waals surface area contributed by atoms with Gasteiger partial charge in [0.1, 0.15) is 0 Å². The molecule has 188 valence electrons. The van der Waals surface area contributed by atoms with Crippen LogP contribution in [-0.4, -0.2) is 17.7 Å². The summed E-state index contributed by atoms with van der Waals surface area (Å²) in [6, 6.07) is 13.2. The molecule has 0 fully saturated rings. The highest BCUT2D eigenvalue weighted by atomic mass is 19.1. The standard InChI is InChI=1S/C30H43FO3/c1-3-5-7-9-10-14-22-34-29-20-18-25(23-28(29)31)27-17-13-12-16-26(27)24(19-21-30(32)33)15-11-8-6-4-2/h12-13,16-18,20,23-24H,3-11,14-15,19,21-22H2,1-2H3,(H,32,33). The summed E-state index contributed by atoms with van der Waals surface area (Å²) >= 11 is 0. The molecule has 0 aliphatic rings. The van der Waals surface area contributed by atoms with Crippen molar-refractivity contribution in [3.8, 4) is 16.9 Å². The summed E-state index contributed by atoms with van der Waals surface area (Å²) in [6.07, 6.45) is 13.3. The number of hydrogen-bond acceptors (Lipinski definition) is 2. The average Bonchev–Trinajstić information content (AvgIpc) is 2.84. The number of carbonyl (C=O) groups is 1. The molecule has 0 aliphatic heterocycles. The van der Waals surface area contributed by atoms with Crippen molar-refractivity contribution < 1.29 is 19.0 Å². The SMILES string of the molecule is CCCCCCCCOc1ccc(-c2ccccc2C(CCCCCC)CCC(=O)O)cc1F. The Kier molecular flexibility index (Phi) is 13.4. The quantitative estimate of drug-likeness (QED) is 0.221. The van der Waals surface area contributed by atoms with E-state index in [0.717, 1.165) is 48.8 Å². The molecule has 0 heterocycles. The average molecular weight is 471 g/mol. The highest BCUT2D eigenvalue weighted by Crippen LogP contribution is 2.36. The summed E-state index contributed by atoms with van der Waals surface area (Å²) < 4.78 is 20.6. The van der Waals surface area contributed by atoms with Gasteiger partial charge in [0.2, 0.25) is 0 Å². The van der Waals surface area contributed by atoms with Crippen LogP contribution in [0.5, 0.6) is 5.75 Å². The topological polar surface area (TPSA) is 46.5 Å². The van der Waals surface area contributed by atoms with Gasteiger partial charge in [-0.15, -0.1) is 0 Å². The largest absolute Gasteiger partial charge is 0.491 e. The Morgan fingerprint density at radius 3 is 2.26 bits per heavy atom. The van der Waals surface area contributed by atoms with Gasteiger partial charge in [-0.05, 0) is 54.0 Å². The van der Waals surface area contributed by atoms with Crippen LogP contribution >= 0.6 is 0 Å². The van der Waals surface area contributed by atoms with Crippen LogP contribution in [0.1, 0.15) is 109 Å². The van der Waals surface area contributed by atoms with Crippen molar-refractivity contribution in [1.29, 1.82) is 0 Å².